The number of amides is 3. The van der Waals surface area contributed by atoms with E-state index < -0.39 is 35.1 Å². The summed E-state index contributed by atoms with van der Waals surface area (Å²) in [5.74, 6) is -4.35. The smallest absolute Gasteiger partial charge is 0.343 e. The summed E-state index contributed by atoms with van der Waals surface area (Å²) in [6.07, 6.45) is 0. The third-order valence-electron chi connectivity index (χ3n) is 3.88. The van der Waals surface area contributed by atoms with E-state index in [0.29, 0.717) is 0 Å². The molecule has 0 fully saturated rings. The van der Waals surface area contributed by atoms with E-state index in [9.17, 15) is 23.2 Å². The molecule has 2 N–H and O–H groups in total. The second-order valence-corrected chi connectivity index (χ2v) is 6.84. The average molecular weight is 465 g/mol. The van der Waals surface area contributed by atoms with E-state index in [4.69, 9.17) is 27.9 Å². The summed E-state index contributed by atoms with van der Waals surface area (Å²) in [6.45, 7) is 0. The predicted octanol–water partition coefficient (Wildman–Crippen LogP) is 5.45. The minimum absolute atomic E-state index is 0.0359. The van der Waals surface area contributed by atoms with Crippen molar-refractivity contribution in [2.75, 3.05) is 5.32 Å². The van der Waals surface area contributed by atoms with Crippen LogP contribution >= 0.6 is 23.2 Å². The molecule has 0 aromatic heterocycles. The van der Waals surface area contributed by atoms with Gasteiger partial charge < -0.3 is 10.1 Å². The highest BCUT2D eigenvalue weighted by Crippen LogP contribution is 2.36. The predicted molar refractivity (Wildman–Crippen MR) is 111 cm³/mol. The first kappa shape index (κ1) is 22.2. The third-order valence-corrected chi connectivity index (χ3v) is 4.44. The standard InChI is InChI=1S/C21H12Cl2F2N2O4/c22-13-9-12(10-14(23)18(13)31-20(29)11-5-2-1-3-6-11)26-21(30)27-19(28)17-15(24)7-4-8-16(17)25/h1-10H,(H2,26,27,28,30). The van der Waals surface area contributed by atoms with Crippen LogP contribution in [0.25, 0.3) is 0 Å². The van der Waals surface area contributed by atoms with Gasteiger partial charge in [0, 0.05) is 5.69 Å². The highest BCUT2D eigenvalue weighted by Gasteiger charge is 2.20. The molecule has 3 aromatic carbocycles. The Morgan fingerprint density at radius 3 is 2.00 bits per heavy atom. The van der Waals surface area contributed by atoms with Crippen LogP contribution in [0.15, 0.2) is 60.7 Å². The van der Waals surface area contributed by atoms with Crippen LogP contribution in [0.4, 0.5) is 19.3 Å². The Bertz CT molecular complexity index is 1130. The van der Waals surface area contributed by atoms with Crippen molar-refractivity contribution in [2.45, 2.75) is 0 Å². The molecule has 0 unspecified atom stereocenters. The third kappa shape index (κ3) is 5.36. The van der Waals surface area contributed by atoms with Crippen molar-refractivity contribution in [3.05, 3.63) is 93.5 Å². The second-order valence-electron chi connectivity index (χ2n) is 6.03. The molecule has 10 heteroatoms. The summed E-state index contributed by atoms with van der Waals surface area (Å²) in [6, 6.07) is 12.3. The van der Waals surface area contributed by atoms with Gasteiger partial charge in [-0.2, -0.15) is 0 Å². The van der Waals surface area contributed by atoms with Gasteiger partial charge in [0.15, 0.2) is 5.75 Å². The largest absolute Gasteiger partial charge is 0.420 e. The first-order valence-corrected chi connectivity index (χ1v) is 9.34. The van der Waals surface area contributed by atoms with E-state index in [-0.39, 0.29) is 27.0 Å². The molecule has 0 aliphatic carbocycles. The molecule has 6 nitrogen and oxygen atoms in total. The zero-order chi connectivity index (χ0) is 22.5. The fraction of sp³-hybridized carbons (Fsp3) is 0. The van der Waals surface area contributed by atoms with E-state index in [1.807, 2.05) is 0 Å². The normalized spacial score (nSPS) is 10.3. The Morgan fingerprint density at radius 2 is 1.42 bits per heavy atom. The number of benzene rings is 3. The summed E-state index contributed by atoms with van der Waals surface area (Å²) in [7, 11) is 0. The van der Waals surface area contributed by atoms with Crippen molar-refractivity contribution in [3.8, 4) is 5.75 Å². The second kappa shape index (κ2) is 9.55. The summed E-state index contributed by atoms with van der Waals surface area (Å²) in [4.78, 5) is 36.2. The zero-order valence-corrected chi connectivity index (χ0v) is 16.9. The average Bonchev–Trinajstić information content (AvgIpc) is 2.71. The van der Waals surface area contributed by atoms with Gasteiger partial charge in [0.05, 0.1) is 15.6 Å². The molecule has 3 aromatic rings. The Balaban J connectivity index is 1.70. The molecule has 158 valence electrons. The number of carbonyl (C=O) groups excluding carboxylic acids is 3. The van der Waals surface area contributed by atoms with Crippen molar-refractivity contribution in [3.63, 3.8) is 0 Å². The Labute approximate surface area is 184 Å². The van der Waals surface area contributed by atoms with Crippen LogP contribution in [0.5, 0.6) is 5.75 Å². The van der Waals surface area contributed by atoms with Gasteiger partial charge in [-0.3, -0.25) is 10.1 Å². The van der Waals surface area contributed by atoms with E-state index in [2.05, 4.69) is 5.32 Å². The fourth-order valence-corrected chi connectivity index (χ4v) is 3.06. The van der Waals surface area contributed by atoms with Gasteiger partial charge >= 0.3 is 12.0 Å². The molecule has 0 aliphatic heterocycles. The van der Waals surface area contributed by atoms with E-state index in [1.54, 1.807) is 35.6 Å². The number of hydrogen-bond donors (Lipinski definition) is 2. The summed E-state index contributed by atoms with van der Waals surface area (Å²) < 4.78 is 32.5. The lowest BCUT2D eigenvalue weighted by Crippen LogP contribution is -2.35. The highest BCUT2D eigenvalue weighted by molar-refractivity contribution is 6.38. The number of anilines is 1. The molecule has 3 rings (SSSR count). The number of halogens is 4. The number of ether oxygens (including phenoxy) is 1. The van der Waals surface area contributed by atoms with Crippen LogP contribution in [0.2, 0.25) is 10.0 Å². The number of hydrogen-bond acceptors (Lipinski definition) is 4. The fourth-order valence-electron chi connectivity index (χ4n) is 2.50. The number of imide groups is 1. The van der Waals surface area contributed by atoms with E-state index >= 15 is 0 Å². The number of esters is 1. The molecule has 0 aliphatic rings. The zero-order valence-electron chi connectivity index (χ0n) is 15.4. The van der Waals surface area contributed by atoms with Crippen molar-refractivity contribution < 1.29 is 27.9 Å². The van der Waals surface area contributed by atoms with Gasteiger partial charge in [0.2, 0.25) is 0 Å². The molecule has 0 spiro atoms. The molecule has 0 saturated carbocycles. The molecule has 0 radical (unpaired) electrons. The van der Waals surface area contributed by atoms with Crippen molar-refractivity contribution in [2.24, 2.45) is 0 Å². The van der Waals surface area contributed by atoms with Crippen molar-refractivity contribution >= 4 is 46.8 Å². The molecule has 31 heavy (non-hydrogen) atoms. The molecule has 0 saturated heterocycles. The lowest BCUT2D eigenvalue weighted by atomic mass is 10.2. The van der Waals surface area contributed by atoms with Gasteiger partial charge in [0.25, 0.3) is 5.91 Å². The van der Waals surface area contributed by atoms with Gasteiger partial charge in [-0.25, -0.2) is 18.4 Å². The molecule has 3 amide bonds. The SMILES string of the molecule is O=C(NC(=O)c1c(F)cccc1F)Nc1cc(Cl)c(OC(=O)c2ccccc2)c(Cl)c1. The Kier molecular flexibility index (Phi) is 6.84. The number of rotatable bonds is 4. The number of nitrogens with one attached hydrogen (secondary N) is 2. The number of urea groups is 1. The first-order valence-electron chi connectivity index (χ1n) is 8.59. The summed E-state index contributed by atoms with van der Waals surface area (Å²) in [5.41, 5.74) is -0.596. The lowest BCUT2D eigenvalue weighted by molar-refractivity contribution is 0.0734. The van der Waals surface area contributed by atoms with Crippen LogP contribution in [0.1, 0.15) is 20.7 Å². The van der Waals surface area contributed by atoms with Crippen molar-refractivity contribution in [1.82, 2.24) is 5.32 Å². The first-order chi connectivity index (χ1) is 14.8. The Morgan fingerprint density at radius 1 is 0.839 bits per heavy atom. The minimum atomic E-state index is -1.28. The van der Waals surface area contributed by atoms with Crippen LogP contribution in [0, 0.1) is 11.6 Å². The van der Waals surface area contributed by atoms with Crippen LogP contribution in [0.3, 0.4) is 0 Å². The minimum Gasteiger partial charge on any atom is -0.420 e. The van der Waals surface area contributed by atoms with E-state index in [1.165, 1.54) is 12.1 Å². The van der Waals surface area contributed by atoms with Crippen LogP contribution in [-0.4, -0.2) is 17.9 Å². The maximum Gasteiger partial charge on any atom is 0.343 e. The van der Waals surface area contributed by atoms with Gasteiger partial charge in [0.1, 0.15) is 17.2 Å². The monoisotopic (exact) mass is 464 g/mol. The maximum atomic E-state index is 13.6. The number of carbonyl (C=O) groups is 3. The molecular weight excluding hydrogens is 453 g/mol. The molecular formula is C21H12Cl2F2N2O4. The quantitative estimate of drug-likeness (QED) is 0.396. The van der Waals surface area contributed by atoms with Gasteiger partial charge in [-0.1, -0.05) is 47.5 Å². The topological polar surface area (TPSA) is 84.5 Å². The van der Waals surface area contributed by atoms with Gasteiger partial charge in [-0.05, 0) is 36.4 Å². The van der Waals surface area contributed by atoms with Crippen LogP contribution < -0.4 is 15.4 Å². The van der Waals surface area contributed by atoms with Gasteiger partial charge in [-0.15, -0.1) is 0 Å². The summed E-state index contributed by atoms with van der Waals surface area (Å²) in [5, 5.41) is 3.85. The van der Waals surface area contributed by atoms with E-state index in [0.717, 1.165) is 18.2 Å². The molecule has 0 bridgehead atoms. The molecule has 0 heterocycles. The molecule has 0 atom stereocenters. The summed E-state index contributed by atoms with van der Waals surface area (Å²) >= 11 is 12.2. The van der Waals surface area contributed by atoms with Crippen LogP contribution in [-0.2, 0) is 0 Å². The maximum absolute atomic E-state index is 13.6. The van der Waals surface area contributed by atoms with Crippen molar-refractivity contribution in [1.29, 1.82) is 0 Å². The lowest BCUT2D eigenvalue weighted by Gasteiger charge is -2.12. The Hall–Kier alpha value is -3.49. The highest BCUT2D eigenvalue weighted by atomic mass is 35.5.